The summed E-state index contributed by atoms with van der Waals surface area (Å²) in [5, 5.41) is 19.0. The molecule has 0 saturated carbocycles. The molecule has 0 saturated heterocycles. The minimum absolute atomic E-state index is 0.0725. The first-order valence-electron chi connectivity index (χ1n) is 5.53. The number of rotatable bonds is 3. The number of aromatic carboxylic acids is 1. The molecule has 0 radical (unpaired) electrons. The second-order valence-electron chi connectivity index (χ2n) is 4.12. The van der Waals surface area contributed by atoms with Crippen LogP contribution in [-0.4, -0.2) is 20.7 Å². The van der Waals surface area contributed by atoms with Gasteiger partial charge in [0.1, 0.15) is 0 Å². The highest BCUT2D eigenvalue weighted by molar-refractivity contribution is 6.04. The summed E-state index contributed by atoms with van der Waals surface area (Å²) in [6.07, 6.45) is 2.43. The van der Waals surface area contributed by atoms with Gasteiger partial charge in [0.25, 0.3) is 0 Å². The summed E-state index contributed by atoms with van der Waals surface area (Å²) in [4.78, 5) is 11.2. The molecule has 4 nitrogen and oxygen atoms in total. The smallest absolute Gasteiger partial charge is 0.337 e. The van der Waals surface area contributed by atoms with Crippen LogP contribution in [0.3, 0.4) is 0 Å². The van der Waals surface area contributed by atoms with Crippen molar-refractivity contribution >= 4 is 16.9 Å². The molecule has 2 rings (SSSR count). The highest BCUT2D eigenvalue weighted by Gasteiger charge is 2.15. The van der Waals surface area contributed by atoms with Gasteiger partial charge >= 0.3 is 5.97 Å². The van der Waals surface area contributed by atoms with Crippen molar-refractivity contribution in [2.24, 2.45) is 7.05 Å². The Balaban J connectivity index is 2.86. The highest BCUT2D eigenvalue weighted by atomic mass is 16.4. The molecule has 2 aromatic rings. The van der Waals surface area contributed by atoms with E-state index in [2.05, 4.69) is 0 Å². The number of carboxylic acid groups (broad SMARTS) is 1. The average Bonchev–Trinajstić information content (AvgIpc) is 2.66. The fraction of sp³-hybridized carbons (Fsp3) is 0.308. The fourth-order valence-electron chi connectivity index (χ4n) is 2.24. The summed E-state index contributed by atoms with van der Waals surface area (Å²) in [5.41, 5.74) is 3.03. The molecule has 0 bridgehead atoms. The van der Waals surface area contributed by atoms with Gasteiger partial charge in [-0.25, -0.2) is 4.79 Å². The maximum Gasteiger partial charge on any atom is 0.337 e. The summed E-state index contributed by atoms with van der Waals surface area (Å²) in [7, 11) is 1.84. The van der Waals surface area contributed by atoms with Crippen molar-refractivity contribution in [2.45, 2.75) is 20.0 Å². The second kappa shape index (κ2) is 4.22. The van der Waals surface area contributed by atoms with Crippen LogP contribution < -0.4 is 0 Å². The molecule has 0 aliphatic heterocycles. The molecule has 4 heteroatoms. The first-order chi connectivity index (χ1) is 8.08. The molecule has 0 fully saturated rings. The zero-order chi connectivity index (χ0) is 12.6. The van der Waals surface area contributed by atoms with Gasteiger partial charge in [0.15, 0.2) is 0 Å². The van der Waals surface area contributed by atoms with Crippen LogP contribution in [0, 0.1) is 0 Å². The van der Waals surface area contributed by atoms with Crippen LogP contribution in [0.4, 0.5) is 0 Å². The first-order valence-corrected chi connectivity index (χ1v) is 5.53. The Morgan fingerprint density at radius 3 is 2.65 bits per heavy atom. The molecule has 0 unspecified atom stereocenters. The number of carbonyl (C=O) groups is 1. The molecule has 17 heavy (non-hydrogen) atoms. The molecule has 90 valence electrons. The highest BCUT2D eigenvalue weighted by Crippen LogP contribution is 2.26. The largest absolute Gasteiger partial charge is 0.478 e. The lowest BCUT2D eigenvalue weighted by molar-refractivity contribution is 0.0699. The quantitative estimate of drug-likeness (QED) is 0.851. The van der Waals surface area contributed by atoms with Crippen LogP contribution in [0.2, 0.25) is 0 Å². The monoisotopic (exact) mass is 233 g/mol. The third-order valence-electron chi connectivity index (χ3n) is 3.01. The van der Waals surface area contributed by atoms with Gasteiger partial charge in [0.05, 0.1) is 17.7 Å². The Morgan fingerprint density at radius 1 is 1.41 bits per heavy atom. The zero-order valence-corrected chi connectivity index (χ0v) is 9.90. The van der Waals surface area contributed by atoms with Crippen molar-refractivity contribution in [1.29, 1.82) is 0 Å². The molecule has 0 amide bonds. The minimum Gasteiger partial charge on any atom is -0.478 e. The van der Waals surface area contributed by atoms with Crippen LogP contribution in [-0.2, 0) is 20.1 Å². The molecule has 0 atom stereocenters. The van der Waals surface area contributed by atoms with Gasteiger partial charge < -0.3 is 14.8 Å². The summed E-state index contributed by atoms with van der Waals surface area (Å²) in [6.45, 7) is 1.94. The molecule has 0 aliphatic rings. The SMILES string of the molecule is CCc1cc(CO)cc2c(C(=O)O)cn(C)c12. The van der Waals surface area contributed by atoms with Gasteiger partial charge in [-0.15, -0.1) is 0 Å². The van der Waals surface area contributed by atoms with Crippen LogP contribution in [0.5, 0.6) is 0 Å². The number of nitrogens with zero attached hydrogens (tertiary/aromatic N) is 1. The van der Waals surface area contributed by atoms with E-state index in [0.29, 0.717) is 5.39 Å². The molecule has 1 heterocycles. The molecule has 1 aromatic carbocycles. The third-order valence-corrected chi connectivity index (χ3v) is 3.01. The van der Waals surface area contributed by atoms with Crippen molar-refractivity contribution in [3.8, 4) is 0 Å². The van der Waals surface area contributed by atoms with Gasteiger partial charge in [-0.2, -0.15) is 0 Å². The number of aromatic nitrogens is 1. The van der Waals surface area contributed by atoms with Gasteiger partial charge in [0.2, 0.25) is 0 Å². The van der Waals surface area contributed by atoms with Crippen molar-refractivity contribution in [1.82, 2.24) is 4.57 Å². The molecule has 2 N–H and O–H groups in total. The Morgan fingerprint density at radius 2 is 2.12 bits per heavy atom. The summed E-state index contributed by atoms with van der Waals surface area (Å²) in [5.74, 6) is -0.937. The molecule has 0 spiro atoms. The van der Waals surface area contributed by atoms with E-state index in [1.807, 2.05) is 24.6 Å². The van der Waals surface area contributed by atoms with Crippen LogP contribution in [0.15, 0.2) is 18.3 Å². The Hall–Kier alpha value is -1.81. The van der Waals surface area contributed by atoms with Gasteiger partial charge in [-0.1, -0.05) is 13.0 Å². The van der Waals surface area contributed by atoms with Crippen LogP contribution in [0.1, 0.15) is 28.4 Å². The maximum absolute atomic E-state index is 11.2. The van der Waals surface area contributed by atoms with E-state index in [4.69, 9.17) is 5.11 Å². The van der Waals surface area contributed by atoms with Crippen molar-refractivity contribution in [3.05, 3.63) is 35.0 Å². The number of benzene rings is 1. The molecule has 0 aliphatic carbocycles. The van der Waals surface area contributed by atoms with Crippen LogP contribution in [0.25, 0.3) is 10.9 Å². The number of hydrogen-bond donors (Lipinski definition) is 2. The topological polar surface area (TPSA) is 62.5 Å². The molecular weight excluding hydrogens is 218 g/mol. The molecular formula is C13H15NO3. The number of fused-ring (bicyclic) bond motifs is 1. The lowest BCUT2D eigenvalue weighted by Gasteiger charge is -2.06. The van der Waals surface area contributed by atoms with E-state index in [9.17, 15) is 9.90 Å². The number of carboxylic acids is 1. The first kappa shape index (κ1) is 11.7. The summed E-state index contributed by atoms with van der Waals surface area (Å²) < 4.78 is 1.83. The number of hydrogen-bond acceptors (Lipinski definition) is 2. The van der Waals surface area contributed by atoms with E-state index < -0.39 is 5.97 Å². The zero-order valence-electron chi connectivity index (χ0n) is 9.90. The van der Waals surface area contributed by atoms with E-state index in [1.165, 1.54) is 0 Å². The number of aliphatic hydroxyl groups excluding tert-OH is 1. The Bertz CT molecular complexity index is 584. The second-order valence-corrected chi connectivity index (χ2v) is 4.12. The van der Waals surface area contributed by atoms with Gasteiger partial charge in [-0.05, 0) is 23.6 Å². The number of aryl methyl sites for hydroxylation is 2. The van der Waals surface area contributed by atoms with E-state index in [0.717, 1.165) is 23.1 Å². The Kier molecular flexibility index (Phi) is 2.90. The van der Waals surface area contributed by atoms with Crippen molar-refractivity contribution < 1.29 is 15.0 Å². The van der Waals surface area contributed by atoms with Crippen LogP contribution >= 0.6 is 0 Å². The van der Waals surface area contributed by atoms with Crippen molar-refractivity contribution in [3.63, 3.8) is 0 Å². The fourth-order valence-corrected chi connectivity index (χ4v) is 2.24. The summed E-state index contributed by atoms with van der Waals surface area (Å²) >= 11 is 0. The van der Waals surface area contributed by atoms with Crippen molar-refractivity contribution in [2.75, 3.05) is 0 Å². The standard InChI is InChI=1S/C13H15NO3/c1-3-9-4-8(7-15)5-10-11(13(16)17)6-14(2)12(9)10/h4-6,15H,3,7H2,1-2H3,(H,16,17). The van der Waals surface area contributed by atoms with Gasteiger partial charge in [0, 0.05) is 18.6 Å². The minimum atomic E-state index is -0.937. The lowest BCUT2D eigenvalue weighted by atomic mass is 10.0. The predicted molar refractivity (Wildman–Crippen MR) is 65.2 cm³/mol. The number of aliphatic hydroxyl groups is 1. The molecule has 1 aromatic heterocycles. The Labute approximate surface area is 99.1 Å². The van der Waals surface area contributed by atoms with Gasteiger partial charge in [-0.3, -0.25) is 0 Å². The maximum atomic E-state index is 11.2. The summed E-state index contributed by atoms with van der Waals surface area (Å²) in [6, 6.07) is 3.67. The predicted octanol–water partition coefficient (Wildman–Crippen LogP) is 1.93. The normalized spacial score (nSPS) is 11.0. The van der Waals surface area contributed by atoms with E-state index >= 15 is 0 Å². The third kappa shape index (κ3) is 1.80. The van der Waals surface area contributed by atoms with E-state index in [-0.39, 0.29) is 12.2 Å². The van der Waals surface area contributed by atoms with E-state index in [1.54, 1.807) is 12.3 Å². The lowest BCUT2D eigenvalue weighted by Crippen LogP contribution is -1.95. The average molecular weight is 233 g/mol.